The van der Waals surface area contributed by atoms with Gasteiger partial charge in [-0.05, 0) is 131 Å². The van der Waals surface area contributed by atoms with Crippen LogP contribution in [0, 0.1) is 0 Å². The molecule has 9 aromatic carbocycles. The lowest BCUT2D eigenvalue weighted by atomic mass is 10.0. The summed E-state index contributed by atoms with van der Waals surface area (Å²) in [6.07, 6.45) is 7.06. The van der Waals surface area contributed by atoms with Crippen molar-refractivity contribution in [1.29, 1.82) is 0 Å². The monoisotopic (exact) mass is 1070 g/mol. The lowest BCUT2D eigenvalue weighted by Crippen LogP contribution is -2.25. The Labute approximate surface area is 481 Å². The summed E-state index contributed by atoms with van der Waals surface area (Å²) < 4.78 is 38.4. The summed E-state index contributed by atoms with van der Waals surface area (Å²) in [5, 5.41) is 0. The van der Waals surface area contributed by atoms with Gasteiger partial charge < -0.3 is 48.7 Å². The molecule has 0 saturated carbocycles. The second kappa shape index (κ2) is 20.2. The van der Waals surface area contributed by atoms with Gasteiger partial charge in [-0.3, -0.25) is 9.97 Å². The van der Waals surface area contributed by atoms with E-state index in [9.17, 15) is 0 Å². The van der Waals surface area contributed by atoms with E-state index in [1.165, 1.54) is 4.90 Å². The number of nitrogens with zero attached hydrogens (tertiary/aromatic N) is 10. The highest BCUT2D eigenvalue weighted by Gasteiger charge is 2.32. The molecule has 0 bridgehead atoms. The molecule has 12 nitrogen and oxygen atoms in total. The highest BCUT2D eigenvalue weighted by Crippen LogP contribution is 2.50. The molecule has 6 heterocycles. The van der Waals surface area contributed by atoms with Crippen LogP contribution < -0.4 is 48.7 Å². The van der Waals surface area contributed by atoms with Gasteiger partial charge in [-0.15, -0.1) is 0 Å². The zero-order chi connectivity index (χ0) is 57.2. The van der Waals surface area contributed by atoms with E-state index in [4.69, 9.17) is 13.6 Å². The van der Waals surface area contributed by atoms with Gasteiger partial charge >= 0.3 is 0 Å². The van der Waals surface area contributed by atoms with Crippen LogP contribution in [0.3, 0.4) is 0 Å². The minimum Gasteiger partial charge on any atom is -0.457 e. The smallest absolute Gasteiger partial charge is 0.130 e. The first-order chi connectivity index (χ1) is 41.6. The molecule has 4 aliphatic rings. The largest absolute Gasteiger partial charge is 0.457 e. The molecule has 398 valence electrons. The SMILES string of the molecule is [2H]C([2H])([2H])N1CN(c2cccc(Oc3cc(-c4ccccc4)cc(N4CN(c5ccc(N6CN(c7cc(Oc8cccc(N9CN(C)c%10cnccc%109)c8)cc(-c8ccccc8)c7)c7ccccc76)cc5)c5ccccc54)c3)c2)c2ccncc21. The molecule has 0 spiro atoms. The average Bonchev–Trinajstić information content (AvgIpc) is 4.45. The van der Waals surface area contributed by atoms with E-state index in [1.807, 2.05) is 65.8 Å². The van der Waals surface area contributed by atoms with Crippen LogP contribution >= 0.6 is 0 Å². The van der Waals surface area contributed by atoms with E-state index < -0.39 is 6.98 Å². The first kappa shape index (κ1) is 45.2. The fourth-order valence-corrected chi connectivity index (χ4v) is 11.8. The number of hydrogen-bond donors (Lipinski definition) is 0. The summed E-state index contributed by atoms with van der Waals surface area (Å²) in [6, 6.07) is 79.9. The summed E-state index contributed by atoms with van der Waals surface area (Å²) in [7, 11) is 2.09. The van der Waals surface area contributed by atoms with Gasteiger partial charge in [-0.1, -0.05) is 97.1 Å². The summed E-state index contributed by atoms with van der Waals surface area (Å²) in [6.45, 7) is -0.321. The maximum Gasteiger partial charge on any atom is 0.130 e. The van der Waals surface area contributed by atoms with Crippen molar-refractivity contribution >= 4 is 79.6 Å². The second-order valence-electron chi connectivity index (χ2n) is 20.8. The van der Waals surface area contributed by atoms with E-state index >= 15 is 0 Å². The van der Waals surface area contributed by atoms with Crippen molar-refractivity contribution in [2.75, 3.05) is 79.9 Å². The van der Waals surface area contributed by atoms with Crippen molar-refractivity contribution in [3.8, 4) is 45.3 Å². The van der Waals surface area contributed by atoms with Crippen molar-refractivity contribution in [2.24, 2.45) is 0 Å². The normalized spacial score (nSPS) is 14.8. The number of benzene rings is 9. The Morgan fingerprint density at radius 3 is 1.13 bits per heavy atom. The molecule has 12 heteroatoms. The van der Waals surface area contributed by atoms with Gasteiger partial charge in [-0.25, -0.2) is 0 Å². The molecule has 15 rings (SSSR count). The third kappa shape index (κ3) is 8.83. The Hall–Kier alpha value is -10.7. The fourth-order valence-electron chi connectivity index (χ4n) is 11.8. The molecule has 0 N–H and O–H groups in total. The number of para-hydroxylation sites is 4. The van der Waals surface area contributed by atoms with Crippen molar-refractivity contribution in [3.05, 3.63) is 255 Å². The number of hydrogen-bond acceptors (Lipinski definition) is 12. The standard InChI is InChI=1S/C70H56N10O2/c1-73-45-75(67-31-33-71-43-69(67)73)55-19-13-21-59(39-55)81-61-37-51(49-15-5-3-6-16-49)35-57(41-61)79-47-77(63-23-9-11-25-65(63)79)53-27-29-54(30-28-53)78-48-80(66-26-12-10-24-64(66)78)58-36-52(50-17-7-4-8-18-50)38-62(42-58)82-60-22-14-20-56(40-60)76-46-74(2)70-44-72-34-32-68(70)76/h3-44H,45-48H2,1-2H3/i1D3. The van der Waals surface area contributed by atoms with E-state index in [0.717, 1.165) is 108 Å². The van der Waals surface area contributed by atoms with Crippen molar-refractivity contribution in [1.82, 2.24) is 9.97 Å². The van der Waals surface area contributed by atoms with Crippen LogP contribution in [-0.2, 0) is 0 Å². The second-order valence-corrected chi connectivity index (χ2v) is 20.8. The number of anilines is 14. The Balaban J connectivity index is 0.711. The Kier molecular flexibility index (Phi) is 11.1. The molecule has 82 heavy (non-hydrogen) atoms. The molecular formula is C70H56N10O2. The number of aromatic nitrogens is 2. The van der Waals surface area contributed by atoms with Crippen LogP contribution in [0.4, 0.5) is 79.6 Å². The highest BCUT2D eigenvalue weighted by molar-refractivity contribution is 5.91. The van der Waals surface area contributed by atoms with E-state index in [0.29, 0.717) is 37.2 Å². The van der Waals surface area contributed by atoms with Gasteiger partial charge in [0.05, 0.1) is 71.2 Å². The summed E-state index contributed by atoms with van der Waals surface area (Å²) in [4.78, 5) is 25.9. The maximum atomic E-state index is 8.24. The Bertz CT molecular complexity index is 4300. The minimum atomic E-state index is -2.33. The number of rotatable bonds is 12. The van der Waals surface area contributed by atoms with Crippen molar-refractivity contribution in [2.45, 2.75) is 0 Å². The summed E-state index contributed by atoms with van der Waals surface area (Å²) in [5.74, 6) is 2.78. The summed E-state index contributed by atoms with van der Waals surface area (Å²) >= 11 is 0. The molecule has 0 fully saturated rings. The third-order valence-electron chi connectivity index (χ3n) is 15.8. The molecule has 2 aromatic heterocycles. The zero-order valence-electron chi connectivity index (χ0n) is 47.9. The maximum absolute atomic E-state index is 8.24. The summed E-state index contributed by atoms with van der Waals surface area (Å²) in [5.41, 5.74) is 18.1. The van der Waals surface area contributed by atoms with E-state index in [1.54, 1.807) is 12.4 Å². The molecule has 4 aliphatic heterocycles. The molecule has 11 aromatic rings. The first-order valence-electron chi connectivity index (χ1n) is 28.9. The molecule has 0 radical (unpaired) electrons. The average molecular weight is 1070 g/mol. The quantitative estimate of drug-likeness (QED) is 0.117. The Morgan fingerprint density at radius 2 is 0.683 bits per heavy atom. The van der Waals surface area contributed by atoms with Gasteiger partial charge in [0.2, 0.25) is 0 Å². The topological polar surface area (TPSA) is 70.2 Å². The molecular weight excluding hydrogens is 1010 g/mol. The highest BCUT2D eigenvalue weighted by atomic mass is 16.5. The fraction of sp³-hybridized carbons (Fsp3) is 0.0857. The lowest BCUT2D eigenvalue weighted by molar-refractivity contribution is 0.482. The predicted octanol–water partition coefficient (Wildman–Crippen LogP) is 17.0. The predicted molar refractivity (Wildman–Crippen MR) is 334 cm³/mol. The van der Waals surface area contributed by atoms with Gasteiger partial charge in [0, 0.05) is 88.9 Å². The van der Waals surface area contributed by atoms with Gasteiger partial charge in [0.25, 0.3) is 0 Å². The van der Waals surface area contributed by atoms with Crippen LogP contribution in [-0.4, -0.2) is 50.7 Å². The number of ether oxygens (including phenoxy) is 2. The van der Waals surface area contributed by atoms with Gasteiger partial charge in [-0.2, -0.15) is 0 Å². The van der Waals surface area contributed by atoms with Crippen molar-refractivity contribution < 1.29 is 13.6 Å². The van der Waals surface area contributed by atoms with Crippen LogP contribution in [0.15, 0.2) is 255 Å². The van der Waals surface area contributed by atoms with Gasteiger partial charge in [0.15, 0.2) is 0 Å². The van der Waals surface area contributed by atoms with Gasteiger partial charge in [0.1, 0.15) is 36.3 Å². The Morgan fingerprint density at radius 1 is 0.305 bits per heavy atom. The first-order valence-corrected chi connectivity index (χ1v) is 27.4. The van der Waals surface area contributed by atoms with Crippen molar-refractivity contribution in [3.63, 3.8) is 0 Å². The molecule has 0 unspecified atom stereocenters. The molecule has 0 atom stereocenters. The lowest BCUT2D eigenvalue weighted by Gasteiger charge is -2.25. The molecule has 0 amide bonds. The third-order valence-corrected chi connectivity index (χ3v) is 15.8. The van der Waals surface area contributed by atoms with Crippen LogP contribution in [0.25, 0.3) is 22.3 Å². The molecule has 0 aliphatic carbocycles. The number of fused-ring (bicyclic) bond motifs is 4. The van der Waals surface area contributed by atoms with Crippen LogP contribution in [0.1, 0.15) is 4.11 Å². The zero-order valence-corrected chi connectivity index (χ0v) is 44.9. The minimum absolute atomic E-state index is 0.152. The molecule has 0 saturated heterocycles. The number of pyridine rings is 2. The van der Waals surface area contributed by atoms with Crippen LogP contribution in [0.5, 0.6) is 23.0 Å². The van der Waals surface area contributed by atoms with E-state index in [-0.39, 0.29) is 6.67 Å². The van der Waals surface area contributed by atoms with E-state index in [2.05, 4.69) is 228 Å². The van der Waals surface area contributed by atoms with Crippen LogP contribution in [0.2, 0.25) is 0 Å².